The molecule has 1 saturated heterocycles. The maximum absolute atomic E-state index is 14.1. The summed E-state index contributed by atoms with van der Waals surface area (Å²) in [6.45, 7) is 9.27. The molecular formula is C11H20ClFO4Si. The van der Waals surface area contributed by atoms with Crippen LogP contribution in [-0.2, 0) is 14.0 Å². The predicted molar refractivity (Wildman–Crippen MR) is 68.7 cm³/mol. The lowest BCUT2D eigenvalue weighted by Gasteiger charge is -2.39. The average molecular weight is 299 g/mol. The van der Waals surface area contributed by atoms with Gasteiger partial charge in [0.25, 0.3) is 0 Å². The zero-order valence-electron chi connectivity index (χ0n) is 11.3. The number of hydrogen-bond acceptors (Lipinski definition) is 4. The Kier molecular flexibility index (Phi) is 4.18. The Hall–Kier alpha value is -0.173. The van der Waals surface area contributed by atoms with E-state index in [9.17, 15) is 9.18 Å². The molecule has 0 saturated carbocycles. The summed E-state index contributed by atoms with van der Waals surface area (Å²) in [5.41, 5.74) is 0. The standard InChI is InChI=1S/C11H20ClFO4Si/c1-10(2,3)18(4,5)17-8-7(6-14)16-9(15)11(8,12)13/h7-8,14H,6H2,1-5H3/t7-,8?,11?/m1/s1. The van der Waals surface area contributed by atoms with Crippen molar-refractivity contribution in [2.75, 3.05) is 6.61 Å². The van der Waals surface area contributed by atoms with E-state index in [4.69, 9.17) is 25.9 Å². The van der Waals surface area contributed by atoms with Crippen LogP contribution in [0.5, 0.6) is 0 Å². The third-order valence-electron chi connectivity index (χ3n) is 3.63. The normalized spacial score (nSPS) is 33.7. The lowest BCUT2D eigenvalue weighted by Crippen LogP contribution is -2.51. The van der Waals surface area contributed by atoms with Gasteiger partial charge in [0.1, 0.15) is 6.10 Å². The summed E-state index contributed by atoms with van der Waals surface area (Å²) in [6.07, 6.45) is -2.31. The zero-order chi connectivity index (χ0) is 14.4. The molecule has 3 atom stereocenters. The number of halogens is 2. The summed E-state index contributed by atoms with van der Waals surface area (Å²) in [4.78, 5) is 11.3. The molecule has 1 fully saturated rings. The van der Waals surface area contributed by atoms with E-state index in [1.165, 1.54) is 0 Å². The fourth-order valence-corrected chi connectivity index (χ4v) is 3.01. The van der Waals surface area contributed by atoms with Crippen LogP contribution < -0.4 is 0 Å². The van der Waals surface area contributed by atoms with E-state index in [0.717, 1.165) is 0 Å². The second-order valence-electron chi connectivity index (χ2n) is 6.05. The topological polar surface area (TPSA) is 55.8 Å². The maximum atomic E-state index is 14.1. The van der Waals surface area contributed by atoms with Crippen molar-refractivity contribution < 1.29 is 23.5 Å². The van der Waals surface area contributed by atoms with Crippen LogP contribution >= 0.6 is 11.6 Å². The first kappa shape index (κ1) is 15.9. The highest BCUT2D eigenvalue weighted by Gasteiger charge is 2.60. The molecule has 0 radical (unpaired) electrons. The van der Waals surface area contributed by atoms with Crippen molar-refractivity contribution in [3.8, 4) is 0 Å². The van der Waals surface area contributed by atoms with Crippen LogP contribution in [0.3, 0.4) is 0 Å². The van der Waals surface area contributed by atoms with Crippen molar-refractivity contribution >= 4 is 25.9 Å². The van der Waals surface area contributed by atoms with Crippen LogP contribution in [0.1, 0.15) is 20.8 Å². The molecule has 0 aromatic carbocycles. The molecule has 0 aromatic rings. The van der Waals surface area contributed by atoms with E-state index in [2.05, 4.69) is 0 Å². The molecule has 7 heteroatoms. The van der Waals surface area contributed by atoms with Gasteiger partial charge in [-0.3, -0.25) is 0 Å². The third kappa shape index (κ3) is 2.71. The average Bonchev–Trinajstić information content (AvgIpc) is 2.39. The third-order valence-corrected chi connectivity index (χ3v) is 8.46. The number of ether oxygens (including phenoxy) is 1. The van der Waals surface area contributed by atoms with Crippen LogP contribution in [0, 0.1) is 0 Å². The van der Waals surface area contributed by atoms with Gasteiger partial charge in [-0.15, -0.1) is 0 Å². The molecule has 2 unspecified atom stereocenters. The van der Waals surface area contributed by atoms with Gasteiger partial charge in [-0.1, -0.05) is 32.4 Å². The number of hydrogen-bond donors (Lipinski definition) is 1. The summed E-state index contributed by atoms with van der Waals surface area (Å²) in [5, 5.41) is 6.24. The highest BCUT2D eigenvalue weighted by molar-refractivity contribution is 6.74. The SMILES string of the molecule is CC(C)(C)[Si](C)(C)OC1[C@@H](CO)OC(=O)C1(F)Cl. The first-order valence-corrected chi connectivity index (χ1v) is 9.09. The van der Waals surface area contributed by atoms with E-state index < -0.39 is 38.2 Å². The molecular weight excluding hydrogens is 279 g/mol. The smallest absolute Gasteiger partial charge is 0.363 e. The molecule has 106 valence electrons. The summed E-state index contributed by atoms with van der Waals surface area (Å²) in [6, 6.07) is 0. The van der Waals surface area contributed by atoms with E-state index >= 15 is 0 Å². The summed E-state index contributed by atoms with van der Waals surface area (Å²) in [5.74, 6) is -1.19. The van der Waals surface area contributed by atoms with Crippen LogP contribution in [0.25, 0.3) is 0 Å². The summed E-state index contributed by atoms with van der Waals surface area (Å²) >= 11 is 5.56. The maximum Gasteiger partial charge on any atom is 0.363 e. The Bertz CT molecular complexity index is 340. The van der Waals surface area contributed by atoms with Crippen LogP contribution in [0.2, 0.25) is 18.1 Å². The highest BCUT2D eigenvalue weighted by atomic mass is 35.5. The minimum Gasteiger partial charge on any atom is -0.454 e. The molecule has 0 spiro atoms. The Morgan fingerprint density at radius 3 is 2.44 bits per heavy atom. The Morgan fingerprint density at radius 1 is 1.56 bits per heavy atom. The highest BCUT2D eigenvalue weighted by Crippen LogP contribution is 2.43. The summed E-state index contributed by atoms with van der Waals surface area (Å²) < 4.78 is 24.6. The number of aliphatic hydroxyl groups excluding tert-OH is 1. The monoisotopic (exact) mass is 298 g/mol. The minimum absolute atomic E-state index is 0.161. The Morgan fingerprint density at radius 2 is 2.06 bits per heavy atom. The molecule has 4 nitrogen and oxygen atoms in total. The number of carbonyl (C=O) groups excluding carboxylic acids is 1. The molecule has 0 aromatic heterocycles. The molecule has 1 aliphatic heterocycles. The molecule has 0 amide bonds. The van der Waals surface area contributed by atoms with Crippen LogP contribution in [0.4, 0.5) is 4.39 Å². The molecule has 18 heavy (non-hydrogen) atoms. The van der Waals surface area contributed by atoms with Gasteiger partial charge in [0.15, 0.2) is 14.4 Å². The van der Waals surface area contributed by atoms with Crippen LogP contribution in [0.15, 0.2) is 0 Å². The number of cyclic esters (lactones) is 1. The van der Waals surface area contributed by atoms with Gasteiger partial charge in [-0.25, -0.2) is 9.18 Å². The van der Waals surface area contributed by atoms with Gasteiger partial charge in [-0.05, 0) is 18.1 Å². The van der Waals surface area contributed by atoms with Crippen molar-refractivity contribution in [2.24, 2.45) is 0 Å². The molecule has 0 bridgehead atoms. The summed E-state index contributed by atoms with van der Waals surface area (Å²) in [7, 11) is -2.31. The lowest BCUT2D eigenvalue weighted by atomic mass is 10.2. The Balaban J connectivity index is 2.97. The lowest BCUT2D eigenvalue weighted by molar-refractivity contribution is -0.147. The van der Waals surface area contributed by atoms with Crippen molar-refractivity contribution in [3.63, 3.8) is 0 Å². The van der Waals surface area contributed by atoms with E-state index in [1.807, 2.05) is 33.9 Å². The number of aliphatic hydroxyl groups is 1. The quantitative estimate of drug-likeness (QED) is 0.493. The molecule has 1 heterocycles. The second kappa shape index (κ2) is 4.74. The largest absolute Gasteiger partial charge is 0.454 e. The predicted octanol–water partition coefficient (Wildman–Crippen LogP) is 2.20. The van der Waals surface area contributed by atoms with Crippen molar-refractivity contribution in [1.29, 1.82) is 0 Å². The van der Waals surface area contributed by atoms with E-state index in [0.29, 0.717) is 0 Å². The Labute approximate surface area is 113 Å². The van der Waals surface area contributed by atoms with Gasteiger partial charge >= 0.3 is 11.1 Å². The van der Waals surface area contributed by atoms with Gasteiger partial charge in [0, 0.05) is 0 Å². The fraction of sp³-hybridized carbons (Fsp3) is 0.909. The number of carbonyl (C=O) groups is 1. The van der Waals surface area contributed by atoms with E-state index in [1.54, 1.807) is 0 Å². The van der Waals surface area contributed by atoms with Crippen molar-refractivity contribution in [3.05, 3.63) is 0 Å². The number of alkyl halides is 2. The van der Waals surface area contributed by atoms with Gasteiger partial charge in [-0.2, -0.15) is 0 Å². The van der Waals surface area contributed by atoms with Gasteiger partial charge < -0.3 is 14.3 Å². The van der Waals surface area contributed by atoms with Gasteiger partial charge in [0.2, 0.25) is 0 Å². The van der Waals surface area contributed by atoms with E-state index in [-0.39, 0.29) is 5.04 Å². The molecule has 0 aliphatic carbocycles. The van der Waals surface area contributed by atoms with Crippen LogP contribution in [-0.4, -0.2) is 43.3 Å². The molecule has 1 aliphatic rings. The molecule has 1 N–H and O–H groups in total. The minimum atomic E-state index is -2.72. The first-order valence-electron chi connectivity index (χ1n) is 5.81. The van der Waals surface area contributed by atoms with Crippen molar-refractivity contribution in [2.45, 2.75) is 56.2 Å². The van der Waals surface area contributed by atoms with Crippen molar-refractivity contribution in [1.82, 2.24) is 0 Å². The number of esters is 1. The second-order valence-corrected chi connectivity index (χ2v) is 11.4. The zero-order valence-corrected chi connectivity index (χ0v) is 13.0. The fourth-order valence-electron chi connectivity index (χ4n) is 1.40. The first-order chi connectivity index (χ1) is 7.93. The van der Waals surface area contributed by atoms with Gasteiger partial charge in [0.05, 0.1) is 6.61 Å². The molecule has 1 rings (SSSR count). The number of rotatable bonds is 3.